The molecule has 0 nitrogen and oxygen atoms in total. The van der Waals surface area contributed by atoms with Gasteiger partial charge in [0.05, 0.1) is 0 Å². The van der Waals surface area contributed by atoms with Gasteiger partial charge in [0.2, 0.25) is 0 Å². The molecule has 6 rings (SSSR count). The Hall–Kier alpha value is -1.30. The lowest BCUT2D eigenvalue weighted by Crippen LogP contribution is -2.22. The smallest absolute Gasteiger partial charge is 0.00607 e. The lowest BCUT2D eigenvalue weighted by molar-refractivity contribution is 0.249. The molecule has 0 saturated heterocycles. The Morgan fingerprint density at radius 3 is 2.73 bits per heavy atom. The first-order valence-electron chi connectivity index (χ1n) is 9.28. The minimum atomic E-state index is 0.852. The van der Waals surface area contributed by atoms with Crippen LogP contribution in [-0.2, 0) is 0 Å². The van der Waals surface area contributed by atoms with Crippen molar-refractivity contribution in [3.05, 3.63) is 57.7 Å². The molecule has 0 radical (unpaired) electrons. The molecule has 0 aromatic rings. The van der Waals surface area contributed by atoms with Gasteiger partial charge in [-0.15, -0.1) is 0 Å². The van der Waals surface area contributed by atoms with Crippen LogP contribution in [0.4, 0.5) is 0 Å². The second-order valence-corrected chi connectivity index (χ2v) is 7.96. The molecule has 0 heteroatoms. The fourth-order valence-electron chi connectivity index (χ4n) is 5.73. The zero-order valence-electron chi connectivity index (χ0n) is 13.9. The number of hydrogen-bond acceptors (Lipinski definition) is 0. The third-order valence-electron chi connectivity index (χ3n) is 6.99. The summed E-state index contributed by atoms with van der Waals surface area (Å²) in [4.78, 5) is 0. The van der Waals surface area contributed by atoms with Crippen molar-refractivity contribution in [1.29, 1.82) is 0 Å². The zero-order chi connectivity index (χ0) is 14.8. The van der Waals surface area contributed by atoms with E-state index in [1.54, 1.807) is 27.9 Å². The predicted octanol–water partition coefficient (Wildman–Crippen LogP) is 5.90. The van der Waals surface area contributed by atoms with Gasteiger partial charge in [0, 0.05) is 0 Å². The van der Waals surface area contributed by atoms with Crippen LogP contribution in [-0.4, -0.2) is 0 Å². The minimum Gasteiger partial charge on any atom is -0.0841 e. The van der Waals surface area contributed by atoms with Crippen molar-refractivity contribution in [2.75, 3.05) is 0 Å². The SMILES string of the molecule is C/C=C1C2=C3CCC4C(/C=C\1C2=C/C(=C/C)C3)CCC1CC14. The third-order valence-corrected chi connectivity index (χ3v) is 6.99. The predicted molar refractivity (Wildman–Crippen MR) is 92.4 cm³/mol. The molecule has 0 amide bonds. The Bertz CT molecular complexity index is 692. The van der Waals surface area contributed by atoms with E-state index in [-0.39, 0.29) is 0 Å². The van der Waals surface area contributed by atoms with Crippen LogP contribution in [0.5, 0.6) is 0 Å². The van der Waals surface area contributed by atoms with Crippen LogP contribution in [0.15, 0.2) is 57.7 Å². The normalized spacial score (nSPS) is 44.8. The van der Waals surface area contributed by atoms with E-state index in [2.05, 4.69) is 38.2 Å². The molecule has 3 fully saturated rings. The topological polar surface area (TPSA) is 0 Å². The summed E-state index contributed by atoms with van der Waals surface area (Å²) in [5.41, 5.74) is 9.62. The molecule has 6 aliphatic carbocycles. The summed E-state index contributed by atoms with van der Waals surface area (Å²) in [7, 11) is 0. The monoisotopic (exact) mass is 290 g/mol. The summed E-state index contributed by atoms with van der Waals surface area (Å²) in [6.45, 7) is 4.42. The van der Waals surface area contributed by atoms with E-state index in [0.29, 0.717) is 0 Å². The van der Waals surface area contributed by atoms with E-state index in [0.717, 1.165) is 23.7 Å². The highest BCUT2D eigenvalue weighted by atomic mass is 14.5. The molecule has 4 bridgehead atoms. The summed E-state index contributed by atoms with van der Waals surface area (Å²) in [6, 6.07) is 0. The van der Waals surface area contributed by atoms with Gasteiger partial charge in [0.1, 0.15) is 0 Å². The van der Waals surface area contributed by atoms with Gasteiger partial charge in [-0.3, -0.25) is 0 Å². The van der Waals surface area contributed by atoms with Gasteiger partial charge < -0.3 is 0 Å². The second-order valence-electron chi connectivity index (χ2n) is 7.96. The van der Waals surface area contributed by atoms with Crippen LogP contribution >= 0.6 is 0 Å². The molecule has 0 heterocycles. The van der Waals surface area contributed by atoms with E-state index < -0.39 is 0 Å². The van der Waals surface area contributed by atoms with E-state index in [1.807, 2.05) is 0 Å². The second kappa shape index (κ2) is 4.60. The van der Waals surface area contributed by atoms with Gasteiger partial charge in [-0.1, -0.05) is 29.9 Å². The van der Waals surface area contributed by atoms with Crippen molar-refractivity contribution < 1.29 is 0 Å². The van der Waals surface area contributed by atoms with Gasteiger partial charge in [0.15, 0.2) is 0 Å². The number of hydrogen-bond donors (Lipinski definition) is 0. The highest BCUT2D eigenvalue weighted by molar-refractivity contribution is 5.82. The van der Waals surface area contributed by atoms with Crippen molar-refractivity contribution in [3.8, 4) is 0 Å². The summed E-state index contributed by atoms with van der Waals surface area (Å²) < 4.78 is 0. The van der Waals surface area contributed by atoms with E-state index >= 15 is 0 Å². The molecule has 4 atom stereocenters. The number of rotatable bonds is 0. The molecule has 4 unspecified atom stereocenters. The van der Waals surface area contributed by atoms with Crippen LogP contribution in [0.25, 0.3) is 0 Å². The fraction of sp³-hybridized carbons (Fsp3) is 0.545. The van der Waals surface area contributed by atoms with Crippen molar-refractivity contribution >= 4 is 0 Å². The number of fused-ring (bicyclic) bond motifs is 2. The summed E-state index contributed by atoms with van der Waals surface area (Å²) in [6.07, 6.45) is 18.3. The van der Waals surface area contributed by atoms with Crippen molar-refractivity contribution in [2.24, 2.45) is 23.7 Å². The molecular formula is C22H26. The first-order chi connectivity index (χ1) is 10.8. The van der Waals surface area contributed by atoms with Crippen molar-refractivity contribution in [2.45, 2.75) is 52.4 Å². The lowest BCUT2D eigenvalue weighted by atomic mass is 9.67. The Morgan fingerprint density at radius 2 is 1.91 bits per heavy atom. The minimum absolute atomic E-state index is 0.852. The average molecular weight is 290 g/mol. The zero-order valence-corrected chi connectivity index (χ0v) is 13.9. The summed E-state index contributed by atoms with van der Waals surface area (Å²) >= 11 is 0. The molecule has 6 aliphatic rings. The van der Waals surface area contributed by atoms with Crippen molar-refractivity contribution in [1.82, 2.24) is 0 Å². The lowest BCUT2D eigenvalue weighted by Gasteiger charge is -2.37. The summed E-state index contributed by atoms with van der Waals surface area (Å²) in [5, 5.41) is 0. The Kier molecular flexibility index (Phi) is 2.75. The molecule has 0 aromatic heterocycles. The molecule has 3 saturated carbocycles. The van der Waals surface area contributed by atoms with Crippen LogP contribution < -0.4 is 0 Å². The Morgan fingerprint density at radius 1 is 1.00 bits per heavy atom. The molecule has 0 spiro atoms. The van der Waals surface area contributed by atoms with Gasteiger partial charge in [-0.05, 0) is 104 Å². The Balaban J connectivity index is 1.63. The number of allylic oxidation sites excluding steroid dienone is 10. The van der Waals surface area contributed by atoms with Gasteiger partial charge in [-0.25, -0.2) is 0 Å². The van der Waals surface area contributed by atoms with Gasteiger partial charge in [0.25, 0.3) is 0 Å². The quantitative estimate of drug-likeness (QED) is 0.521. The van der Waals surface area contributed by atoms with Gasteiger partial charge >= 0.3 is 0 Å². The maximum Gasteiger partial charge on any atom is -0.00607 e. The molecule has 0 aliphatic heterocycles. The molecular weight excluding hydrogens is 264 g/mol. The highest BCUT2D eigenvalue weighted by Gasteiger charge is 2.49. The van der Waals surface area contributed by atoms with Gasteiger partial charge in [-0.2, -0.15) is 0 Å². The highest BCUT2D eigenvalue weighted by Crippen LogP contribution is 2.60. The summed E-state index contributed by atoms with van der Waals surface area (Å²) in [5.74, 6) is 4.00. The van der Waals surface area contributed by atoms with E-state index in [1.165, 1.54) is 44.1 Å². The molecule has 22 heavy (non-hydrogen) atoms. The maximum absolute atomic E-state index is 2.69. The maximum atomic E-state index is 2.69. The van der Waals surface area contributed by atoms with Crippen LogP contribution in [0.2, 0.25) is 0 Å². The first-order valence-corrected chi connectivity index (χ1v) is 9.28. The molecule has 0 N–H and O–H groups in total. The van der Waals surface area contributed by atoms with Crippen LogP contribution in [0.1, 0.15) is 52.4 Å². The van der Waals surface area contributed by atoms with Crippen molar-refractivity contribution in [3.63, 3.8) is 0 Å². The van der Waals surface area contributed by atoms with Crippen LogP contribution in [0, 0.1) is 23.7 Å². The van der Waals surface area contributed by atoms with E-state index in [4.69, 9.17) is 0 Å². The molecule has 114 valence electrons. The standard InChI is InChI=1S/C22H26/c1-3-13-9-16-7-8-18-14(5-6-15-11-19(15)18)12-20-17(4-2)22(16)21(20)10-13/h3-4,10,12,14-15,18-19H,5-9,11H2,1-2H3/b13-3+,17-4-,20-12+. The van der Waals surface area contributed by atoms with Crippen LogP contribution in [0.3, 0.4) is 0 Å². The largest absolute Gasteiger partial charge is 0.0841 e. The first kappa shape index (κ1) is 13.2. The third kappa shape index (κ3) is 1.70. The fourth-order valence-corrected chi connectivity index (χ4v) is 5.73. The Labute approximate surface area is 134 Å². The molecule has 0 aromatic carbocycles. The average Bonchev–Trinajstić information content (AvgIpc) is 3.30. The van der Waals surface area contributed by atoms with E-state index in [9.17, 15) is 0 Å².